The Labute approximate surface area is 418 Å². The lowest BCUT2D eigenvalue weighted by molar-refractivity contribution is 0.0626. The summed E-state index contributed by atoms with van der Waals surface area (Å²) in [5, 5.41) is 63.0. The number of aliphatic hydroxyl groups is 1. The molecule has 0 amide bonds. The number of piperidine rings is 1. The summed E-state index contributed by atoms with van der Waals surface area (Å²) in [6, 6.07) is 0. The number of likely N-dealkylation sites (tertiary alicyclic amines) is 3. The van der Waals surface area contributed by atoms with Crippen LogP contribution in [0.3, 0.4) is 0 Å². The molecule has 0 radical (unpaired) electrons. The number of hydrogen-bond donors (Lipinski definition) is 15. The number of nitrogens with zero attached hydrogens (tertiary/aromatic N) is 15. The maximum absolute atomic E-state index is 9.13. The van der Waals surface area contributed by atoms with E-state index in [9.17, 15) is 0 Å². The van der Waals surface area contributed by atoms with Crippen LogP contribution < -0.4 is 46.6 Å². The monoisotopic (exact) mass is 1000 g/mol. The third kappa shape index (κ3) is 28.9. The first-order valence-electron chi connectivity index (χ1n) is 23.1. The number of nitrogens with two attached hydrogens (primary N) is 8. The Kier molecular flexibility index (Phi) is 34.7. The summed E-state index contributed by atoms with van der Waals surface area (Å²) in [6.07, 6.45) is 6.49. The van der Waals surface area contributed by atoms with Gasteiger partial charge in [-0.15, -0.1) is 0 Å². The van der Waals surface area contributed by atoms with Crippen LogP contribution in [0.5, 0.6) is 0 Å². The highest BCUT2D eigenvalue weighted by atomic mass is 16.5. The molecule has 1 unspecified atom stereocenters. The number of piperazine rings is 1. The van der Waals surface area contributed by atoms with E-state index in [4.69, 9.17) is 88.9 Å². The first kappa shape index (κ1) is 66.6. The van der Waals surface area contributed by atoms with Crippen molar-refractivity contribution in [2.45, 2.75) is 44.6 Å². The Hall–Kier alpha value is -5.51. The summed E-state index contributed by atoms with van der Waals surface area (Å²) in [7, 11) is 18.8. The first-order chi connectivity index (χ1) is 32.6. The van der Waals surface area contributed by atoms with Crippen LogP contribution in [0, 0.1) is 32.5 Å². The smallest absolute Gasteiger partial charge is 0.208 e. The maximum Gasteiger partial charge on any atom is 0.208 e. The van der Waals surface area contributed by atoms with E-state index >= 15 is 0 Å². The molecule has 0 saturated carbocycles. The minimum Gasteiger partial charge on any atom is -0.391 e. The first-order valence-corrected chi connectivity index (χ1v) is 23.1. The number of rotatable bonds is 0. The van der Waals surface area contributed by atoms with E-state index in [0.29, 0.717) is 55.5 Å². The summed E-state index contributed by atoms with van der Waals surface area (Å²) in [6.45, 7) is 11.9. The number of nitrogens with one attached hydrogen (secondary N) is 6. The molecule has 5 heterocycles. The van der Waals surface area contributed by atoms with E-state index in [-0.39, 0.29) is 12.1 Å². The molecule has 1 atom stereocenters. The lowest BCUT2D eigenvalue weighted by Gasteiger charge is -2.35. The van der Waals surface area contributed by atoms with Crippen molar-refractivity contribution >= 4 is 41.7 Å². The molecule has 5 fully saturated rings. The van der Waals surface area contributed by atoms with E-state index in [1.54, 1.807) is 80.3 Å². The highest BCUT2D eigenvalue weighted by Gasteiger charge is 2.23. The molecule has 0 aliphatic carbocycles. The largest absolute Gasteiger partial charge is 0.391 e. The van der Waals surface area contributed by atoms with Gasteiger partial charge in [-0.25, -0.2) is 40.9 Å². The van der Waals surface area contributed by atoms with Crippen molar-refractivity contribution < 1.29 is 9.84 Å². The van der Waals surface area contributed by atoms with Crippen LogP contribution in [0.2, 0.25) is 0 Å². The Morgan fingerprint density at radius 2 is 0.800 bits per heavy atom. The Morgan fingerprint density at radius 3 is 1.06 bits per heavy atom. The second-order valence-electron chi connectivity index (χ2n) is 17.2. The number of aliphatic imine (C=N–C) groups is 1. The molecule has 5 rings (SSSR count). The van der Waals surface area contributed by atoms with Crippen molar-refractivity contribution in [1.29, 1.82) is 32.5 Å². The van der Waals surface area contributed by atoms with Gasteiger partial charge in [0.2, 0.25) is 41.7 Å². The average molecular weight is 1000 g/mol. The Balaban J connectivity index is 0. The van der Waals surface area contributed by atoms with E-state index in [1.165, 1.54) is 67.2 Å². The zero-order chi connectivity index (χ0) is 54.3. The number of hydrazine groups is 7. The molecule has 31 heteroatoms. The van der Waals surface area contributed by atoms with E-state index in [2.05, 4.69) is 16.9 Å². The van der Waals surface area contributed by atoms with Crippen molar-refractivity contribution in [2.75, 3.05) is 169 Å². The number of guanidine groups is 7. The van der Waals surface area contributed by atoms with Crippen LogP contribution in [-0.4, -0.2) is 292 Å². The lowest BCUT2D eigenvalue weighted by Crippen LogP contribution is -2.53. The van der Waals surface area contributed by atoms with E-state index in [1.807, 2.05) is 19.6 Å². The molecule has 70 heavy (non-hydrogen) atoms. The summed E-state index contributed by atoms with van der Waals surface area (Å²) in [4.78, 5) is 17.1. The number of hydrogen-bond acceptors (Lipinski definition) is 17. The van der Waals surface area contributed by atoms with Crippen molar-refractivity contribution in [2.24, 2.45) is 51.6 Å². The molecule has 5 saturated heterocycles. The van der Waals surface area contributed by atoms with Crippen LogP contribution in [0.4, 0.5) is 0 Å². The molecule has 0 aromatic rings. The fourth-order valence-corrected chi connectivity index (χ4v) is 6.35. The normalized spacial score (nSPS) is 17.4. The fourth-order valence-electron chi connectivity index (χ4n) is 6.35. The quantitative estimate of drug-likeness (QED) is 0.0467. The Morgan fingerprint density at radius 1 is 0.471 bits per heavy atom. The second kappa shape index (κ2) is 36.4. The molecule has 31 nitrogen and oxygen atoms in total. The van der Waals surface area contributed by atoms with Crippen molar-refractivity contribution in [1.82, 2.24) is 69.4 Å². The number of morpholine rings is 1. The number of likely N-dealkylation sites (N-methyl/N-ethyl adjacent to an activating group) is 1. The van der Waals surface area contributed by atoms with Gasteiger partial charge in [0, 0.05) is 149 Å². The van der Waals surface area contributed by atoms with Gasteiger partial charge in [-0.1, -0.05) is 0 Å². The molecular weight excluding hydrogens is 907 g/mol. The minimum atomic E-state index is -0.296. The van der Waals surface area contributed by atoms with Gasteiger partial charge < -0.3 is 49.9 Å². The molecule has 410 valence electrons. The summed E-state index contributed by atoms with van der Waals surface area (Å²) >= 11 is 0. The van der Waals surface area contributed by atoms with Crippen LogP contribution in [0.25, 0.3) is 0 Å². The van der Waals surface area contributed by atoms with Gasteiger partial charge in [0.15, 0.2) is 0 Å². The van der Waals surface area contributed by atoms with Crippen molar-refractivity contribution in [3.63, 3.8) is 0 Å². The predicted octanol–water partition coefficient (Wildman–Crippen LogP) is -5.11. The molecule has 5 aliphatic heterocycles. The fraction of sp³-hybridized carbons (Fsp3) is 0.821. The lowest BCUT2D eigenvalue weighted by atomic mass is 10.1. The van der Waals surface area contributed by atoms with Gasteiger partial charge >= 0.3 is 0 Å². The molecular formula is C39H97N29O2. The van der Waals surface area contributed by atoms with E-state index < -0.39 is 0 Å². The molecule has 0 aromatic carbocycles. The summed E-state index contributed by atoms with van der Waals surface area (Å²) < 4.78 is 5.13. The molecule has 0 bridgehead atoms. The SMILES string of the molecule is CN(C)C(=N)N(C)N.CN(N)C(=N)N1CCC(O)C1.CN(N)C(=N)N1CCCC1.CN(N)C(=N)N1CCCCC1.CN(N)C(=N)N1CCOCC1.CN1CCN(C(=N)N(C)N)CC1.CN=C(N)N(C)N. The van der Waals surface area contributed by atoms with Gasteiger partial charge in [-0.2, -0.15) is 0 Å². The minimum absolute atomic E-state index is 0.265. The van der Waals surface area contributed by atoms with Gasteiger partial charge in [0.05, 0.1) is 19.3 Å². The van der Waals surface area contributed by atoms with Gasteiger partial charge in [0.25, 0.3) is 0 Å². The van der Waals surface area contributed by atoms with Gasteiger partial charge in [0.1, 0.15) is 0 Å². The van der Waals surface area contributed by atoms with E-state index in [0.717, 1.165) is 78.4 Å². The van der Waals surface area contributed by atoms with Crippen molar-refractivity contribution in [3.8, 4) is 0 Å². The second-order valence-corrected chi connectivity index (χ2v) is 17.2. The van der Waals surface area contributed by atoms with Crippen LogP contribution in [0.1, 0.15) is 38.5 Å². The van der Waals surface area contributed by atoms with Crippen molar-refractivity contribution in [3.05, 3.63) is 0 Å². The topological polar surface area (TPSA) is 438 Å². The van der Waals surface area contributed by atoms with Crippen LogP contribution >= 0.6 is 0 Å². The summed E-state index contributed by atoms with van der Waals surface area (Å²) in [5.41, 5.74) is 5.17. The highest BCUT2D eigenvalue weighted by Crippen LogP contribution is 2.10. The number of ether oxygens (including phenoxy) is 1. The molecule has 0 aromatic heterocycles. The van der Waals surface area contributed by atoms with Crippen LogP contribution in [0.15, 0.2) is 4.99 Å². The van der Waals surface area contributed by atoms with Gasteiger partial charge in [-0.05, 0) is 45.6 Å². The predicted molar refractivity (Wildman–Crippen MR) is 281 cm³/mol. The Bertz CT molecular complexity index is 1430. The van der Waals surface area contributed by atoms with Crippen LogP contribution in [-0.2, 0) is 4.74 Å². The zero-order valence-electron chi connectivity index (χ0n) is 44.4. The zero-order valence-corrected chi connectivity index (χ0v) is 44.4. The number of aliphatic hydroxyl groups excluding tert-OH is 1. The molecule has 0 spiro atoms. The molecule has 5 aliphatic rings. The standard InChI is InChI=1S/C7H17N5.C7H16N4.2C6H14N4O.C6H14N4.C4H12N4.C3H10N4/c1-10-3-5-12(6-4-10)7(8)11(2)9;1-10(9)7(8)11-5-3-2-4-6-11;1-9(8)6(7)10-2-4-11-5-3-10;1-9(8)6(7)10-3-2-5(11)4-10;1-9(8)6(7)10-4-2-3-5-10;1-7(2)4(5)8(3)6;1-6-3(4)7(2)5/h8H,3-6,9H2,1-2H3;8H,2-6,9H2,1H3;7H,2-5,8H2,1H3;5,7,11H,2-4,8H2,1H3;7H,2-5,8H2,1H3;5H,6H2,1-3H3;5H2,1-2H3,(H2,4,6). The third-order valence-corrected chi connectivity index (χ3v) is 10.7. The highest BCUT2D eigenvalue weighted by molar-refractivity contribution is 5.78. The maximum atomic E-state index is 9.13. The molecule has 23 N–H and O–H groups in total. The summed E-state index contributed by atoms with van der Waals surface area (Å²) in [5.74, 6) is 39.9. The number of β-amino-alcohol motifs (C(OH)–C–C–N with tert-alkyl or cyclic N) is 1. The third-order valence-electron chi connectivity index (χ3n) is 10.7. The average Bonchev–Trinajstić information content (AvgIpc) is 4.04. The van der Waals surface area contributed by atoms with Gasteiger partial charge in [-0.3, -0.25) is 72.5 Å².